The molecule has 0 amide bonds. The van der Waals surface area contributed by atoms with Crippen LogP contribution >= 0.6 is 10.0 Å². The Kier molecular flexibility index (Phi) is 6.09. The number of fused-ring (bicyclic) bond motifs is 9. The highest BCUT2D eigenvalue weighted by molar-refractivity contribution is 8.33. The van der Waals surface area contributed by atoms with E-state index in [1.165, 1.54) is 26.3 Å². The van der Waals surface area contributed by atoms with Gasteiger partial charge in [-0.05, 0) is 71.3 Å². The maximum absolute atomic E-state index is 5.29. The fourth-order valence-corrected chi connectivity index (χ4v) is 10.2. The first-order valence-electron chi connectivity index (χ1n) is 16.6. The molecule has 1 aliphatic rings. The molecule has 0 radical (unpaired) electrons. The number of hydrogen-bond acceptors (Lipinski definition) is 3. The van der Waals surface area contributed by atoms with Crippen molar-refractivity contribution in [2.75, 3.05) is 12.5 Å². The first-order chi connectivity index (χ1) is 24.0. The van der Waals surface area contributed by atoms with Gasteiger partial charge in [-0.25, -0.2) is 15.0 Å². The second-order valence-corrected chi connectivity index (χ2v) is 16.7. The maximum atomic E-state index is 5.29. The lowest BCUT2D eigenvalue weighted by Crippen LogP contribution is -1.93. The molecule has 232 valence electrons. The molecule has 3 nitrogen and oxygen atoms in total. The molecule has 0 aliphatic carbocycles. The summed E-state index contributed by atoms with van der Waals surface area (Å²) in [6.45, 7) is 0. The summed E-state index contributed by atoms with van der Waals surface area (Å²) in [6, 6.07) is 54.1. The van der Waals surface area contributed by atoms with Gasteiger partial charge in [-0.3, -0.25) is 0 Å². The number of pyridine rings is 3. The summed E-state index contributed by atoms with van der Waals surface area (Å²) >= 11 is 0. The van der Waals surface area contributed by atoms with Gasteiger partial charge in [-0.2, -0.15) is 10.0 Å². The number of aromatic nitrogens is 3. The van der Waals surface area contributed by atoms with E-state index in [-0.39, 0.29) is 0 Å². The first kappa shape index (κ1) is 28.2. The Balaban J connectivity index is 1.11. The van der Waals surface area contributed by atoms with Crippen LogP contribution in [0.4, 0.5) is 0 Å². The van der Waals surface area contributed by atoms with E-state index in [4.69, 9.17) is 15.0 Å². The Morgan fingerprint density at radius 1 is 0.388 bits per heavy atom. The van der Waals surface area contributed by atoms with Gasteiger partial charge in [-0.15, -0.1) is 0 Å². The molecule has 49 heavy (non-hydrogen) atoms. The Bertz CT molecular complexity index is 2800. The average molecular weight is 646 g/mol. The zero-order valence-electron chi connectivity index (χ0n) is 27.2. The molecular formula is C45H31N3S. The number of hydrogen-bond donors (Lipinski definition) is 0. The summed E-state index contributed by atoms with van der Waals surface area (Å²) in [4.78, 5) is 18.6. The van der Waals surface area contributed by atoms with E-state index in [0.29, 0.717) is 0 Å². The quantitative estimate of drug-likeness (QED) is 0.179. The van der Waals surface area contributed by atoms with E-state index in [1.807, 2.05) is 6.07 Å². The molecule has 0 N–H and O–H groups in total. The van der Waals surface area contributed by atoms with Gasteiger partial charge >= 0.3 is 0 Å². The van der Waals surface area contributed by atoms with E-state index >= 15 is 0 Å². The Morgan fingerprint density at radius 2 is 0.959 bits per heavy atom. The van der Waals surface area contributed by atoms with Crippen LogP contribution in [-0.4, -0.2) is 27.5 Å². The van der Waals surface area contributed by atoms with E-state index in [9.17, 15) is 0 Å². The third kappa shape index (κ3) is 4.27. The predicted molar refractivity (Wildman–Crippen MR) is 208 cm³/mol. The maximum Gasteiger partial charge on any atom is 0.0972 e. The molecule has 0 saturated heterocycles. The van der Waals surface area contributed by atoms with Crippen LogP contribution in [0.25, 0.3) is 88.4 Å². The van der Waals surface area contributed by atoms with Crippen LogP contribution in [0.5, 0.6) is 0 Å². The lowest BCUT2D eigenvalue weighted by molar-refractivity contribution is 1.37. The number of benzene rings is 6. The summed E-state index contributed by atoms with van der Waals surface area (Å²) in [6.07, 6.45) is 4.81. The number of nitrogens with zero attached hydrogens (tertiary/aromatic N) is 3. The van der Waals surface area contributed by atoms with E-state index in [0.717, 1.165) is 71.9 Å². The van der Waals surface area contributed by atoms with Crippen LogP contribution in [0.2, 0.25) is 0 Å². The van der Waals surface area contributed by atoms with Crippen molar-refractivity contribution in [3.63, 3.8) is 0 Å². The standard InChI is InChI=1S/C45H31N3S/c1-49(2)41-17-7-6-12-36(41)43-35-22-25-38(46-40(35)26-27-42(43)49)33-15-8-14-32-31(33)13-9-16-34(32)39-24-21-30-19-18-29-20-23-37(28-10-4-3-5-11-28)47-44(29)45(30)48-39/h3-27H,1-2H3. The summed E-state index contributed by atoms with van der Waals surface area (Å²) in [5.41, 5.74) is 11.7. The molecule has 0 spiro atoms. The Labute approximate surface area is 286 Å². The zero-order chi connectivity index (χ0) is 32.7. The lowest BCUT2D eigenvalue weighted by Gasteiger charge is -2.28. The molecule has 4 heterocycles. The van der Waals surface area contributed by atoms with Gasteiger partial charge in [-0.1, -0.05) is 109 Å². The highest BCUT2D eigenvalue weighted by atomic mass is 32.3. The van der Waals surface area contributed by atoms with Crippen molar-refractivity contribution in [1.82, 2.24) is 15.0 Å². The minimum atomic E-state index is -1.06. The van der Waals surface area contributed by atoms with E-state index in [1.54, 1.807) is 0 Å². The lowest BCUT2D eigenvalue weighted by atomic mass is 9.95. The molecule has 0 atom stereocenters. The Morgan fingerprint density at radius 3 is 1.69 bits per heavy atom. The third-order valence-electron chi connectivity index (χ3n) is 10.2. The van der Waals surface area contributed by atoms with Crippen LogP contribution in [0.15, 0.2) is 161 Å². The normalized spacial score (nSPS) is 13.9. The molecular weight excluding hydrogens is 615 g/mol. The van der Waals surface area contributed by atoms with Gasteiger partial charge in [0.2, 0.25) is 0 Å². The minimum Gasteiger partial charge on any atom is -0.248 e. The molecule has 1 aliphatic heterocycles. The molecule has 9 aromatic rings. The van der Waals surface area contributed by atoms with Gasteiger partial charge in [0.15, 0.2) is 0 Å². The monoisotopic (exact) mass is 645 g/mol. The van der Waals surface area contributed by atoms with Gasteiger partial charge in [0, 0.05) is 48.2 Å². The second kappa shape index (κ2) is 10.6. The largest absolute Gasteiger partial charge is 0.248 e. The summed E-state index contributed by atoms with van der Waals surface area (Å²) < 4.78 is 0. The van der Waals surface area contributed by atoms with E-state index < -0.39 is 10.0 Å². The van der Waals surface area contributed by atoms with Crippen molar-refractivity contribution in [1.29, 1.82) is 0 Å². The van der Waals surface area contributed by atoms with Crippen molar-refractivity contribution in [3.05, 3.63) is 152 Å². The highest BCUT2D eigenvalue weighted by Gasteiger charge is 2.32. The van der Waals surface area contributed by atoms with Crippen LogP contribution in [0, 0.1) is 0 Å². The Hall–Kier alpha value is -5.84. The SMILES string of the molecule is CS1(C)c2ccccc2-c2c1ccc1nc(-c3cccc4c(-c5ccc6ccc7ccc(-c8ccccc8)nc7c6n5)cccc34)ccc21. The van der Waals surface area contributed by atoms with Crippen LogP contribution in [0.1, 0.15) is 0 Å². The van der Waals surface area contributed by atoms with Crippen molar-refractivity contribution in [2.45, 2.75) is 9.79 Å². The molecule has 4 heteroatoms. The zero-order valence-corrected chi connectivity index (χ0v) is 28.0. The van der Waals surface area contributed by atoms with Crippen LogP contribution in [-0.2, 0) is 0 Å². The second-order valence-electron chi connectivity index (χ2n) is 13.2. The van der Waals surface area contributed by atoms with E-state index in [2.05, 4.69) is 158 Å². The number of rotatable bonds is 3. The molecule has 0 fully saturated rings. The highest BCUT2D eigenvalue weighted by Crippen LogP contribution is 2.68. The molecule has 0 unspecified atom stereocenters. The summed E-state index contributed by atoms with van der Waals surface area (Å²) in [5.74, 6) is 0. The molecule has 6 aromatic carbocycles. The third-order valence-corrected chi connectivity index (χ3v) is 13.0. The minimum absolute atomic E-state index is 0.913. The van der Waals surface area contributed by atoms with Crippen LogP contribution in [0.3, 0.4) is 0 Å². The van der Waals surface area contributed by atoms with Gasteiger partial charge in [0.05, 0.1) is 33.6 Å². The topological polar surface area (TPSA) is 38.7 Å². The molecule has 0 bridgehead atoms. The first-order valence-corrected chi connectivity index (χ1v) is 19.0. The van der Waals surface area contributed by atoms with Crippen molar-refractivity contribution >= 4 is 53.5 Å². The smallest absolute Gasteiger partial charge is 0.0972 e. The van der Waals surface area contributed by atoms with Gasteiger partial charge in [0.1, 0.15) is 0 Å². The molecule has 0 saturated carbocycles. The predicted octanol–water partition coefficient (Wildman–Crippen LogP) is 11.9. The van der Waals surface area contributed by atoms with Crippen molar-refractivity contribution < 1.29 is 0 Å². The van der Waals surface area contributed by atoms with Crippen molar-refractivity contribution in [3.8, 4) is 44.9 Å². The molecule has 10 rings (SSSR count). The van der Waals surface area contributed by atoms with Crippen LogP contribution < -0.4 is 0 Å². The average Bonchev–Trinajstić information content (AvgIpc) is 3.40. The molecule has 3 aromatic heterocycles. The van der Waals surface area contributed by atoms with Gasteiger partial charge < -0.3 is 0 Å². The fourth-order valence-electron chi connectivity index (χ4n) is 7.72. The fraction of sp³-hybridized carbons (Fsp3) is 0.0444. The summed E-state index contributed by atoms with van der Waals surface area (Å²) in [7, 11) is -1.06. The summed E-state index contributed by atoms with van der Waals surface area (Å²) in [5, 5.41) is 5.70. The van der Waals surface area contributed by atoms with Crippen molar-refractivity contribution in [2.24, 2.45) is 0 Å². The van der Waals surface area contributed by atoms with Gasteiger partial charge in [0.25, 0.3) is 0 Å².